The number of likely N-dealkylation sites (tertiary alicyclic amines) is 3. The Morgan fingerprint density at radius 3 is 1.16 bits per heavy atom. The number of ether oxygens (including phenoxy) is 5. The Hall–Kier alpha value is -4.85. The summed E-state index contributed by atoms with van der Waals surface area (Å²) in [7, 11) is 1.68. The zero-order valence-corrected chi connectivity index (χ0v) is 46.4. The fourth-order valence-electron chi connectivity index (χ4n) is 9.51. The van der Waals surface area contributed by atoms with Crippen LogP contribution < -0.4 is 23.7 Å². The van der Waals surface area contributed by atoms with Gasteiger partial charge < -0.3 is 38.4 Å². The molecular formula is C62H92ClN5O7. The van der Waals surface area contributed by atoms with Gasteiger partial charge in [-0.3, -0.25) is 15.0 Å². The molecule has 0 amide bonds. The molecule has 12 nitrogen and oxygen atoms in total. The maximum Gasteiger partial charge on any atom is 0.269 e. The first-order valence-corrected chi connectivity index (χ1v) is 29.1. The van der Waals surface area contributed by atoms with Crippen molar-refractivity contribution in [1.82, 2.24) is 19.6 Å². The van der Waals surface area contributed by atoms with E-state index in [1.54, 1.807) is 19.2 Å². The predicted octanol–water partition coefficient (Wildman–Crippen LogP) is 14.1. The number of halogens is 1. The van der Waals surface area contributed by atoms with Crippen LogP contribution >= 0.6 is 11.6 Å². The molecule has 3 fully saturated rings. The smallest absolute Gasteiger partial charge is 0.269 e. The summed E-state index contributed by atoms with van der Waals surface area (Å²) in [5, 5.41) is 11.3. The number of nitrogens with zero attached hydrogens (tertiary/aromatic N) is 5. The molecule has 13 heteroatoms. The van der Waals surface area contributed by atoms with Gasteiger partial charge in [0.05, 0.1) is 38.5 Å². The lowest BCUT2D eigenvalue weighted by Crippen LogP contribution is -2.28. The number of hydrogen-bond donors (Lipinski definition) is 0. The first kappa shape index (κ1) is 61.0. The van der Waals surface area contributed by atoms with Crippen LogP contribution in [0.1, 0.15) is 122 Å². The molecule has 0 bridgehead atoms. The van der Waals surface area contributed by atoms with Crippen LogP contribution in [0.2, 0.25) is 5.02 Å². The molecule has 3 saturated heterocycles. The molecule has 75 heavy (non-hydrogen) atoms. The minimum absolute atomic E-state index is 0.1000. The highest BCUT2D eigenvalue weighted by Crippen LogP contribution is 2.20. The third-order valence-electron chi connectivity index (χ3n) is 14.0. The lowest BCUT2D eigenvalue weighted by Gasteiger charge is -2.22. The SMILES string of the molecule is C1=CCN(CCCCCOc2ccccc2)CC1.COc1ccc(OCCCCCN2CCCC2)cc1.Clc1ccc(OCCCCCN2CCCC2)cc1.O=[N+]([O-])c1ccc(OCCCCCN2CCCC2)cc1. The molecule has 8 rings (SSSR count). The van der Waals surface area contributed by atoms with E-state index < -0.39 is 4.92 Å². The number of nitro benzene ring substituents is 1. The summed E-state index contributed by atoms with van der Waals surface area (Å²) >= 11 is 5.82. The summed E-state index contributed by atoms with van der Waals surface area (Å²) < 4.78 is 27.7. The first-order valence-electron chi connectivity index (χ1n) is 28.7. The van der Waals surface area contributed by atoms with E-state index in [-0.39, 0.29) is 5.69 Å². The fourth-order valence-corrected chi connectivity index (χ4v) is 9.64. The van der Waals surface area contributed by atoms with Crippen LogP contribution in [0.5, 0.6) is 28.7 Å². The Bertz CT molecular complexity index is 2030. The van der Waals surface area contributed by atoms with Gasteiger partial charge in [-0.05, 0) is 260 Å². The zero-order valence-electron chi connectivity index (χ0n) is 45.7. The van der Waals surface area contributed by atoms with Gasteiger partial charge in [0.2, 0.25) is 0 Å². The van der Waals surface area contributed by atoms with Crippen molar-refractivity contribution in [3.05, 3.63) is 130 Å². The Labute approximate surface area is 456 Å². The van der Waals surface area contributed by atoms with Crippen LogP contribution in [-0.4, -0.2) is 137 Å². The second kappa shape index (κ2) is 39.5. The highest BCUT2D eigenvalue weighted by atomic mass is 35.5. The van der Waals surface area contributed by atoms with Gasteiger partial charge >= 0.3 is 0 Å². The summed E-state index contributed by atoms with van der Waals surface area (Å²) in [6, 6.07) is 31.7. The van der Waals surface area contributed by atoms with Crippen LogP contribution in [0, 0.1) is 10.1 Å². The average molecular weight is 1050 g/mol. The minimum Gasteiger partial charge on any atom is -0.497 e. The predicted molar refractivity (Wildman–Crippen MR) is 309 cm³/mol. The highest BCUT2D eigenvalue weighted by molar-refractivity contribution is 6.30. The number of methoxy groups -OCH3 is 1. The molecule has 4 aromatic rings. The highest BCUT2D eigenvalue weighted by Gasteiger charge is 2.13. The van der Waals surface area contributed by atoms with E-state index in [0.717, 1.165) is 80.1 Å². The molecule has 4 aromatic carbocycles. The van der Waals surface area contributed by atoms with Crippen molar-refractivity contribution in [3.63, 3.8) is 0 Å². The first-order chi connectivity index (χ1) is 36.9. The van der Waals surface area contributed by atoms with Crippen LogP contribution in [-0.2, 0) is 0 Å². The van der Waals surface area contributed by atoms with Gasteiger partial charge in [-0.25, -0.2) is 0 Å². The summed E-state index contributed by atoms with van der Waals surface area (Å²) in [5.74, 6) is 4.41. The third-order valence-corrected chi connectivity index (χ3v) is 14.2. The fraction of sp³-hybridized carbons (Fsp3) is 0.581. The van der Waals surface area contributed by atoms with E-state index in [9.17, 15) is 10.1 Å². The standard InChI is InChI=1S/C16H25NO2.C16H23NO.C15H22ClNO.C15H22N2O3/c1-18-15-7-9-16(10-8-15)19-14-6-2-3-11-17-12-4-5-13-17;1-4-10-16(11-5-1)18-15-9-3-8-14-17-12-6-2-7-13-17;16-14-6-8-15(9-7-14)18-13-5-1-2-10-17-11-3-4-12-17;18-17(19)14-6-8-15(9-7-14)20-13-5-1-2-10-16-11-3-4-12-16/h7-10H,2-6,11-14H2,1H3;1-2,4-6,10-11H,3,7-9,12-15H2;6-9H,1-5,10-13H2;6-9H,1-5,10-13H2. The molecule has 0 unspecified atom stereocenters. The molecule has 4 aliphatic rings. The zero-order chi connectivity index (χ0) is 52.6. The largest absolute Gasteiger partial charge is 0.497 e. The maximum atomic E-state index is 10.5. The molecule has 0 aliphatic carbocycles. The van der Waals surface area contributed by atoms with Crippen molar-refractivity contribution < 1.29 is 28.6 Å². The molecule has 0 saturated carbocycles. The van der Waals surface area contributed by atoms with Gasteiger partial charge in [-0.15, -0.1) is 0 Å². The monoisotopic (exact) mass is 1050 g/mol. The van der Waals surface area contributed by atoms with Crippen molar-refractivity contribution in [2.75, 3.05) is 112 Å². The molecule has 0 spiro atoms. The molecule has 4 aliphatic heterocycles. The second-order valence-electron chi connectivity index (χ2n) is 20.0. The summed E-state index contributed by atoms with van der Waals surface area (Å²) in [6.07, 6.45) is 28.5. The molecule has 4 heterocycles. The number of hydrogen-bond acceptors (Lipinski definition) is 11. The van der Waals surface area contributed by atoms with Gasteiger partial charge in [-0.2, -0.15) is 0 Å². The van der Waals surface area contributed by atoms with Crippen molar-refractivity contribution in [1.29, 1.82) is 0 Å². The van der Waals surface area contributed by atoms with Gasteiger partial charge in [0.25, 0.3) is 5.69 Å². The lowest BCUT2D eigenvalue weighted by atomic mass is 10.2. The van der Waals surface area contributed by atoms with Gasteiger partial charge in [0.15, 0.2) is 0 Å². The van der Waals surface area contributed by atoms with E-state index in [1.807, 2.05) is 78.9 Å². The number of non-ortho nitro benzene ring substituents is 1. The average Bonchev–Trinajstić information content (AvgIpc) is 4.29. The lowest BCUT2D eigenvalue weighted by molar-refractivity contribution is -0.384. The van der Waals surface area contributed by atoms with Crippen molar-refractivity contribution in [2.24, 2.45) is 0 Å². The summed E-state index contributed by atoms with van der Waals surface area (Å²) in [5.41, 5.74) is 0.1000. The van der Waals surface area contributed by atoms with Crippen LogP contribution in [0.3, 0.4) is 0 Å². The molecular weight excluding hydrogens is 962 g/mol. The minimum atomic E-state index is -0.401. The van der Waals surface area contributed by atoms with E-state index in [4.69, 9.17) is 35.3 Å². The van der Waals surface area contributed by atoms with E-state index in [2.05, 4.69) is 31.8 Å². The quantitative estimate of drug-likeness (QED) is 0.0216. The van der Waals surface area contributed by atoms with E-state index >= 15 is 0 Å². The Morgan fingerprint density at radius 2 is 0.787 bits per heavy atom. The van der Waals surface area contributed by atoms with Gasteiger partial charge in [0.1, 0.15) is 28.7 Å². The number of unbranched alkanes of at least 4 members (excludes halogenated alkanes) is 8. The van der Waals surface area contributed by atoms with Gasteiger partial charge in [0, 0.05) is 30.2 Å². The maximum absolute atomic E-state index is 10.5. The van der Waals surface area contributed by atoms with Crippen LogP contribution in [0.25, 0.3) is 0 Å². The normalized spacial score (nSPS) is 15.7. The molecule has 0 radical (unpaired) electrons. The second-order valence-corrected chi connectivity index (χ2v) is 20.5. The van der Waals surface area contributed by atoms with Crippen molar-refractivity contribution in [3.8, 4) is 28.7 Å². The number of rotatable bonds is 30. The van der Waals surface area contributed by atoms with Gasteiger partial charge in [-0.1, -0.05) is 42.0 Å². The number of nitro groups is 1. The summed E-state index contributed by atoms with van der Waals surface area (Å²) in [4.78, 5) is 20.3. The molecule has 414 valence electrons. The topological polar surface area (TPSA) is 102 Å². The number of para-hydroxylation sites is 1. The van der Waals surface area contributed by atoms with E-state index in [1.165, 1.54) is 180 Å². The Balaban J connectivity index is 0.000000185. The Morgan fingerprint density at radius 1 is 0.427 bits per heavy atom. The van der Waals surface area contributed by atoms with E-state index in [0.29, 0.717) is 12.4 Å². The third kappa shape index (κ3) is 28.7. The number of benzene rings is 4. The molecule has 0 aromatic heterocycles. The van der Waals surface area contributed by atoms with Crippen molar-refractivity contribution in [2.45, 2.75) is 122 Å². The van der Waals surface area contributed by atoms with Crippen molar-refractivity contribution >= 4 is 17.3 Å². The Kier molecular flexibility index (Phi) is 32.1. The molecule has 0 N–H and O–H groups in total. The molecule has 0 atom stereocenters. The van der Waals surface area contributed by atoms with Crippen LogP contribution in [0.15, 0.2) is 115 Å². The summed E-state index contributed by atoms with van der Waals surface area (Å²) in [6.45, 7) is 18.2. The van der Waals surface area contributed by atoms with Crippen LogP contribution in [0.4, 0.5) is 5.69 Å².